The highest BCUT2D eigenvalue weighted by Gasteiger charge is 2.09. The zero-order valence-electron chi connectivity index (χ0n) is 9.39. The van der Waals surface area contributed by atoms with E-state index in [1.54, 1.807) is 0 Å². The third-order valence-corrected chi connectivity index (χ3v) is 2.69. The van der Waals surface area contributed by atoms with Crippen molar-refractivity contribution in [1.82, 2.24) is 4.90 Å². The first kappa shape index (κ1) is 13.9. The Morgan fingerprint density at radius 2 is 1.93 bits per heavy atom. The van der Waals surface area contributed by atoms with Crippen LogP contribution in [0.25, 0.3) is 0 Å². The van der Waals surface area contributed by atoms with Gasteiger partial charge in [0.15, 0.2) is 0 Å². The number of nitrogens with zero attached hydrogens (tertiary/aromatic N) is 1. The third-order valence-electron chi connectivity index (χ3n) is 2.33. The van der Waals surface area contributed by atoms with Crippen LogP contribution in [0.2, 0.25) is 0 Å². The molecule has 0 atom stereocenters. The molecule has 1 amide bonds. The van der Waals surface area contributed by atoms with E-state index in [1.165, 1.54) is 19.3 Å². The van der Waals surface area contributed by atoms with E-state index in [0.717, 1.165) is 31.3 Å². The van der Waals surface area contributed by atoms with Crippen LogP contribution in [-0.4, -0.2) is 29.2 Å². The van der Waals surface area contributed by atoms with Gasteiger partial charge in [0, 0.05) is 24.8 Å². The summed E-state index contributed by atoms with van der Waals surface area (Å²) in [6.07, 6.45) is 5.44. The minimum Gasteiger partial charge on any atom is -0.342 e. The Kier molecular flexibility index (Phi) is 9.47. The summed E-state index contributed by atoms with van der Waals surface area (Å²) in [4.78, 5) is 13.5. The smallest absolute Gasteiger partial charge is 0.222 e. The van der Waals surface area contributed by atoms with Gasteiger partial charge >= 0.3 is 0 Å². The van der Waals surface area contributed by atoms with Gasteiger partial charge < -0.3 is 4.90 Å². The highest BCUT2D eigenvalue weighted by Crippen LogP contribution is 2.05. The van der Waals surface area contributed by atoms with Crippen LogP contribution in [0.15, 0.2) is 0 Å². The molecule has 0 radical (unpaired) electrons. The lowest BCUT2D eigenvalue weighted by Gasteiger charge is -2.19. The number of carbonyl (C=O) groups excluding carboxylic acids is 1. The fourth-order valence-corrected chi connectivity index (χ4v) is 1.85. The van der Waals surface area contributed by atoms with E-state index in [1.807, 2.05) is 11.8 Å². The Morgan fingerprint density at radius 1 is 1.21 bits per heavy atom. The number of unbranched alkanes of at least 4 members (excludes halogenated alkanes) is 3. The fraction of sp³-hybridized carbons (Fsp3) is 0.909. The minimum atomic E-state index is 0.308. The maximum absolute atomic E-state index is 11.6. The Labute approximate surface area is 96.2 Å². The lowest BCUT2D eigenvalue weighted by atomic mass is 10.1. The first-order chi connectivity index (χ1) is 6.76. The molecule has 0 aromatic heterocycles. The van der Waals surface area contributed by atoms with Crippen molar-refractivity contribution in [2.75, 3.05) is 18.4 Å². The molecule has 0 bridgehead atoms. The van der Waals surface area contributed by atoms with Crippen molar-refractivity contribution in [2.45, 2.75) is 46.0 Å². The van der Waals surface area contributed by atoms with Crippen molar-refractivity contribution in [3.63, 3.8) is 0 Å². The van der Waals surface area contributed by atoms with E-state index in [0.29, 0.717) is 5.91 Å². The summed E-state index contributed by atoms with van der Waals surface area (Å²) in [7, 11) is 0. The maximum Gasteiger partial charge on any atom is 0.222 e. The Hall–Kier alpha value is -0.0500. The predicted molar refractivity (Wildman–Crippen MR) is 64.8 cm³/mol. The standard InChI is InChI=1S/C11H22BrNO/c1-3-5-6-7-8-11(14)13(4-2)10-9-12/h3-10H2,1-2H3. The van der Waals surface area contributed by atoms with E-state index in [-0.39, 0.29) is 0 Å². The van der Waals surface area contributed by atoms with Crippen LogP contribution >= 0.6 is 15.9 Å². The molecule has 2 nitrogen and oxygen atoms in total. The molecule has 0 aliphatic carbocycles. The number of amides is 1. The van der Waals surface area contributed by atoms with E-state index in [4.69, 9.17) is 0 Å². The first-order valence-electron chi connectivity index (χ1n) is 5.60. The molecule has 84 valence electrons. The molecule has 14 heavy (non-hydrogen) atoms. The van der Waals surface area contributed by atoms with Crippen LogP contribution in [0.5, 0.6) is 0 Å². The van der Waals surface area contributed by atoms with Gasteiger partial charge in [0.2, 0.25) is 5.91 Å². The number of halogens is 1. The Bertz CT molecular complexity index is 150. The molecule has 0 spiro atoms. The van der Waals surface area contributed by atoms with Gasteiger partial charge in [-0.15, -0.1) is 0 Å². The molecule has 0 aliphatic heterocycles. The van der Waals surface area contributed by atoms with Crippen molar-refractivity contribution >= 4 is 21.8 Å². The van der Waals surface area contributed by atoms with Crippen molar-refractivity contribution in [3.05, 3.63) is 0 Å². The van der Waals surface area contributed by atoms with Crippen LogP contribution in [0.4, 0.5) is 0 Å². The number of rotatable bonds is 8. The largest absolute Gasteiger partial charge is 0.342 e. The maximum atomic E-state index is 11.6. The van der Waals surface area contributed by atoms with Gasteiger partial charge in [-0.1, -0.05) is 42.1 Å². The average Bonchev–Trinajstić information content (AvgIpc) is 2.20. The topological polar surface area (TPSA) is 20.3 Å². The van der Waals surface area contributed by atoms with Crippen molar-refractivity contribution < 1.29 is 4.79 Å². The average molecular weight is 264 g/mol. The third kappa shape index (κ3) is 6.41. The van der Waals surface area contributed by atoms with Gasteiger partial charge in [0.25, 0.3) is 0 Å². The van der Waals surface area contributed by atoms with Crippen LogP contribution in [-0.2, 0) is 4.79 Å². The summed E-state index contributed by atoms with van der Waals surface area (Å²) in [5, 5.41) is 0.877. The molecule has 0 saturated carbocycles. The molecular formula is C11H22BrNO. The van der Waals surface area contributed by atoms with Gasteiger partial charge in [-0.05, 0) is 13.3 Å². The summed E-state index contributed by atoms with van der Waals surface area (Å²) in [6.45, 7) is 5.89. The summed E-state index contributed by atoms with van der Waals surface area (Å²) in [6, 6.07) is 0. The lowest BCUT2D eigenvalue weighted by Crippen LogP contribution is -2.32. The van der Waals surface area contributed by atoms with E-state index < -0.39 is 0 Å². The van der Waals surface area contributed by atoms with Gasteiger partial charge in [0.1, 0.15) is 0 Å². The number of hydrogen-bond donors (Lipinski definition) is 0. The molecule has 3 heteroatoms. The highest BCUT2D eigenvalue weighted by molar-refractivity contribution is 9.09. The van der Waals surface area contributed by atoms with Gasteiger partial charge in [0.05, 0.1) is 0 Å². The first-order valence-corrected chi connectivity index (χ1v) is 6.72. The van der Waals surface area contributed by atoms with Crippen molar-refractivity contribution in [3.8, 4) is 0 Å². The van der Waals surface area contributed by atoms with Crippen LogP contribution in [0, 0.1) is 0 Å². The summed E-state index contributed by atoms with van der Waals surface area (Å²) in [5.41, 5.74) is 0. The molecule has 0 rings (SSSR count). The molecule has 0 fully saturated rings. The van der Waals surface area contributed by atoms with Crippen LogP contribution < -0.4 is 0 Å². The SMILES string of the molecule is CCCCCCC(=O)N(CC)CCBr. The van der Waals surface area contributed by atoms with Gasteiger partial charge in [-0.2, -0.15) is 0 Å². The van der Waals surface area contributed by atoms with Crippen molar-refractivity contribution in [1.29, 1.82) is 0 Å². The summed E-state index contributed by atoms with van der Waals surface area (Å²) in [5.74, 6) is 0.308. The van der Waals surface area contributed by atoms with E-state index in [2.05, 4.69) is 22.9 Å². The normalized spacial score (nSPS) is 10.2. The fourth-order valence-electron chi connectivity index (χ4n) is 1.42. The number of alkyl halides is 1. The van der Waals surface area contributed by atoms with Crippen LogP contribution in [0.3, 0.4) is 0 Å². The number of hydrogen-bond acceptors (Lipinski definition) is 1. The molecule has 0 unspecified atom stereocenters. The molecule has 0 aromatic rings. The molecule has 0 aliphatic rings. The highest BCUT2D eigenvalue weighted by atomic mass is 79.9. The zero-order valence-corrected chi connectivity index (χ0v) is 11.0. The second kappa shape index (κ2) is 9.50. The Balaban J connectivity index is 3.58. The Morgan fingerprint density at radius 3 is 2.43 bits per heavy atom. The van der Waals surface area contributed by atoms with Gasteiger partial charge in [-0.3, -0.25) is 4.79 Å². The minimum absolute atomic E-state index is 0.308. The summed E-state index contributed by atoms with van der Waals surface area (Å²) >= 11 is 3.36. The monoisotopic (exact) mass is 263 g/mol. The predicted octanol–water partition coefficient (Wildman–Crippen LogP) is 3.20. The molecular weight excluding hydrogens is 242 g/mol. The van der Waals surface area contributed by atoms with E-state index >= 15 is 0 Å². The quantitative estimate of drug-likeness (QED) is 0.487. The van der Waals surface area contributed by atoms with Crippen LogP contribution in [0.1, 0.15) is 46.0 Å². The molecule has 0 aromatic carbocycles. The zero-order chi connectivity index (χ0) is 10.8. The second-order valence-corrected chi connectivity index (χ2v) is 4.27. The van der Waals surface area contributed by atoms with Gasteiger partial charge in [-0.25, -0.2) is 0 Å². The summed E-state index contributed by atoms with van der Waals surface area (Å²) < 4.78 is 0. The van der Waals surface area contributed by atoms with E-state index in [9.17, 15) is 4.79 Å². The molecule has 0 heterocycles. The second-order valence-electron chi connectivity index (χ2n) is 3.47. The van der Waals surface area contributed by atoms with Crippen molar-refractivity contribution in [2.24, 2.45) is 0 Å². The molecule has 0 saturated heterocycles. The number of carbonyl (C=O) groups is 1. The molecule has 0 N–H and O–H groups in total. The lowest BCUT2D eigenvalue weighted by molar-refractivity contribution is -0.130.